The predicted octanol–water partition coefficient (Wildman–Crippen LogP) is 3.99. The van der Waals surface area contributed by atoms with E-state index in [0.717, 1.165) is 38.0 Å². The number of amides is 1. The Bertz CT molecular complexity index is 1050. The molecule has 1 atom stereocenters. The highest BCUT2D eigenvalue weighted by atomic mass is 32.2. The molecule has 0 bridgehead atoms. The van der Waals surface area contributed by atoms with Gasteiger partial charge in [-0.05, 0) is 61.4 Å². The van der Waals surface area contributed by atoms with E-state index in [4.69, 9.17) is 0 Å². The minimum atomic E-state index is -3.52. The lowest BCUT2D eigenvalue weighted by Crippen LogP contribution is -2.50. The molecule has 2 aliphatic rings. The first-order chi connectivity index (χ1) is 16.3. The van der Waals surface area contributed by atoms with Gasteiger partial charge in [0.1, 0.15) is 0 Å². The molecule has 4 rings (SSSR count). The van der Waals surface area contributed by atoms with Gasteiger partial charge in [-0.1, -0.05) is 56.3 Å². The molecule has 184 valence electrons. The summed E-state index contributed by atoms with van der Waals surface area (Å²) in [5.41, 5.74) is 2.42. The third-order valence-electron chi connectivity index (χ3n) is 7.11. The molecule has 1 unspecified atom stereocenters. The third kappa shape index (κ3) is 6.06. The molecular formula is C27H37N3O3S. The lowest BCUT2D eigenvalue weighted by atomic mass is 9.96. The lowest BCUT2D eigenvalue weighted by molar-refractivity contribution is -0.127. The van der Waals surface area contributed by atoms with Gasteiger partial charge in [0.15, 0.2) is 0 Å². The molecule has 0 aliphatic carbocycles. The van der Waals surface area contributed by atoms with Crippen LogP contribution in [0.25, 0.3) is 0 Å². The molecule has 1 amide bonds. The van der Waals surface area contributed by atoms with Crippen LogP contribution in [-0.4, -0.2) is 55.8 Å². The number of carbonyl (C=O) groups excluding carboxylic acids is 1. The molecule has 7 heteroatoms. The summed E-state index contributed by atoms with van der Waals surface area (Å²) in [6, 6.07) is 17.8. The number of likely N-dealkylation sites (tertiary alicyclic amines) is 1. The highest BCUT2D eigenvalue weighted by Gasteiger charge is 2.33. The molecule has 2 fully saturated rings. The second-order valence-corrected chi connectivity index (χ2v) is 11.9. The average Bonchev–Trinajstić information content (AvgIpc) is 2.85. The van der Waals surface area contributed by atoms with Crippen LogP contribution in [0.3, 0.4) is 0 Å². The van der Waals surface area contributed by atoms with Gasteiger partial charge in [0, 0.05) is 38.1 Å². The Balaban J connectivity index is 1.27. The fourth-order valence-electron chi connectivity index (χ4n) is 5.01. The van der Waals surface area contributed by atoms with E-state index in [1.807, 2.05) is 18.2 Å². The van der Waals surface area contributed by atoms with Crippen LogP contribution in [0.5, 0.6) is 0 Å². The van der Waals surface area contributed by atoms with Gasteiger partial charge < -0.3 is 5.32 Å². The Morgan fingerprint density at radius 1 is 0.971 bits per heavy atom. The minimum Gasteiger partial charge on any atom is -0.352 e. The van der Waals surface area contributed by atoms with E-state index in [-0.39, 0.29) is 17.9 Å². The Labute approximate surface area is 204 Å². The molecule has 0 radical (unpaired) electrons. The summed E-state index contributed by atoms with van der Waals surface area (Å²) in [6.07, 6.45) is 3.20. The number of carbonyl (C=O) groups is 1. The summed E-state index contributed by atoms with van der Waals surface area (Å²) < 4.78 is 27.7. The second kappa shape index (κ2) is 11.0. The molecular weight excluding hydrogens is 446 g/mol. The summed E-state index contributed by atoms with van der Waals surface area (Å²) in [5, 5.41) is 3.26. The molecule has 0 aromatic heterocycles. The fraction of sp³-hybridized carbons (Fsp3) is 0.519. The lowest BCUT2D eigenvalue weighted by Gasteiger charge is -2.35. The Morgan fingerprint density at radius 2 is 1.65 bits per heavy atom. The first-order valence-electron chi connectivity index (χ1n) is 12.5. The van der Waals surface area contributed by atoms with E-state index < -0.39 is 10.0 Å². The molecule has 0 spiro atoms. The summed E-state index contributed by atoms with van der Waals surface area (Å²) in [6.45, 7) is 7.77. The zero-order valence-electron chi connectivity index (χ0n) is 20.3. The largest absolute Gasteiger partial charge is 0.352 e. The number of benzene rings is 2. The van der Waals surface area contributed by atoms with E-state index in [2.05, 4.69) is 48.3 Å². The summed E-state index contributed by atoms with van der Waals surface area (Å²) in [5.74, 6) is 0.310. The van der Waals surface area contributed by atoms with Crippen LogP contribution in [0.4, 0.5) is 0 Å². The van der Waals surface area contributed by atoms with Crippen molar-refractivity contribution < 1.29 is 13.2 Å². The topological polar surface area (TPSA) is 69.7 Å². The summed E-state index contributed by atoms with van der Waals surface area (Å²) >= 11 is 0. The molecule has 0 saturated carbocycles. The van der Waals surface area contributed by atoms with Crippen LogP contribution < -0.4 is 5.32 Å². The van der Waals surface area contributed by atoms with E-state index in [1.165, 1.54) is 9.87 Å². The molecule has 1 N–H and O–H groups in total. The number of rotatable bonds is 7. The van der Waals surface area contributed by atoms with E-state index in [0.29, 0.717) is 36.7 Å². The molecule has 2 aliphatic heterocycles. The van der Waals surface area contributed by atoms with Gasteiger partial charge in [0.25, 0.3) is 0 Å². The third-order valence-corrected chi connectivity index (χ3v) is 9.02. The van der Waals surface area contributed by atoms with Crippen molar-refractivity contribution in [1.82, 2.24) is 14.5 Å². The van der Waals surface area contributed by atoms with Crippen molar-refractivity contribution in [3.05, 3.63) is 65.7 Å². The van der Waals surface area contributed by atoms with Crippen LogP contribution in [0.15, 0.2) is 59.5 Å². The first-order valence-corrected chi connectivity index (χ1v) is 13.9. The quantitative estimate of drug-likeness (QED) is 0.647. The molecule has 2 heterocycles. The summed E-state index contributed by atoms with van der Waals surface area (Å²) in [4.78, 5) is 15.7. The van der Waals surface area contributed by atoms with Crippen LogP contribution in [0.2, 0.25) is 0 Å². The predicted molar refractivity (Wildman–Crippen MR) is 135 cm³/mol. The zero-order chi connectivity index (χ0) is 24.1. The highest BCUT2D eigenvalue weighted by molar-refractivity contribution is 7.89. The Hall–Kier alpha value is -2.22. The van der Waals surface area contributed by atoms with Gasteiger partial charge >= 0.3 is 0 Å². The number of nitrogens with zero attached hydrogens (tertiary/aromatic N) is 2. The molecule has 2 aromatic carbocycles. The monoisotopic (exact) mass is 483 g/mol. The van der Waals surface area contributed by atoms with Crippen molar-refractivity contribution in [2.75, 3.05) is 26.2 Å². The van der Waals surface area contributed by atoms with Crippen LogP contribution in [0, 0.1) is 5.92 Å². The van der Waals surface area contributed by atoms with Crippen LogP contribution in [-0.2, 0) is 21.4 Å². The second-order valence-electron chi connectivity index (χ2n) is 9.97. The maximum atomic E-state index is 13.1. The van der Waals surface area contributed by atoms with Crippen LogP contribution in [0.1, 0.15) is 56.6 Å². The molecule has 34 heavy (non-hydrogen) atoms. The minimum absolute atomic E-state index is 0.0740. The van der Waals surface area contributed by atoms with Crippen molar-refractivity contribution in [1.29, 1.82) is 0 Å². The molecule has 6 nitrogen and oxygen atoms in total. The van der Waals surface area contributed by atoms with E-state index in [1.54, 1.807) is 12.1 Å². The number of hydrogen-bond donors (Lipinski definition) is 1. The smallest absolute Gasteiger partial charge is 0.243 e. The van der Waals surface area contributed by atoms with Gasteiger partial charge in [-0.25, -0.2) is 8.42 Å². The number of nitrogens with one attached hydrogen (secondary N) is 1. The highest BCUT2D eigenvalue weighted by Crippen LogP contribution is 2.26. The van der Waals surface area contributed by atoms with Gasteiger partial charge in [0.2, 0.25) is 15.9 Å². The normalized spacial score (nSPS) is 21.0. The van der Waals surface area contributed by atoms with Crippen molar-refractivity contribution in [3.63, 3.8) is 0 Å². The fourth-order valence-corrected chi connectivity index (χ4v) is 6.48. The molecule has 2 aromatic rings. The maximum absolute atomic E-state index is 13.1. The van der Waals surface area contributed by atoms with E-state index >= 15 is 0 Å². The van der Waals surface area contributed by atoms with Crippen LogP contribution >= 0.6 is 0 Å². The van der Waals surface area contributed by atoms with Gasteiger partial charge in [-0.2, -0.15) is 4.31 Å². The Morgan fingerprint density at radius 3 is 2.29 bits per heavy atom. The van der Waals surface area contributed by atoms with Crippen molar-refractivity contribution >= 4 is 15.9 Å². The Kier molecular flexibility index (Phi) is 8.06. The standard InChI is InChI=1S/C27H37N3O3S/c1-21(2)23-10-12-26(13-11-23)34(32,33)30-17-14-24(15-18-30)27(31)28-25-9-6-16-29(20-25)19-22-7-4-3-5-8-22/h3-5,7-8,10-13,21,24-25H,6,9,14-20H2,1-2H3,(H,28,31). The maximum Gasteiger partial charge on any atom is 0.243 e. The summed E-state index contributed by atoms with van der Waals surface area (Å²) in [7, 11) is -3.52. The first kappa shape index (κ1) is 24.9. The average molecular weight is 484 g/mol. The number of hydrogen-bond acceptors (Lipinski definition) is 4. The zero-order valence-corrected chi connectivity index (χ0v) is 21.1. The van der Waals surface area contributed by atoms with Gasteiger partial charge in [-0.15, -0.1) is 0 Å². The number of sulfonamides is 1. The van der Waals surface area contributed by atoms with Gasteiger partial charge in [-0.3, -0.25) is 9.69 Å². The number of piperidine rings is 2. The van der Waals surface area contributed by atoms with E-state index in [9.17, 15) is 13.2 Å². The SMILES string of the molecule is CC(C)c1ccc(S(=O)(=O)N2CCC(C(=O)NC3CCCN(Cc4ccccc4)C3)CC2)cc1. The van der Waals surface area contributed by atoms with Crippen molar-refractivity contribution in [2.45, 2.75) is 62.9 Å². The molecule has 2 saturated heterocycles. The van der Waals surface area contributed by atoms with Gasteiger partial charge in [0.05, 0.1) is 4.90 Å². The van der Waals surface area contributed by atoms with Crippen molar-refractivity contribution in [3.8, 4) is 0 Å². The van der Waals surface area contributed by atoms with Crippen molar-refractivity contribution in [2.24, 2.45) is 5.92 Å².